The Morgan fingerprint density at radius 3 is 2.38 bits per heavy atom. The summed E-state index contributed by atoms with van der Waals surface area (Å²) in [4.78, 5) is 0. The largest absolute Gasteiger partial charge is 0.379 e. The SMILES string of the molecule is Fc1cccc(NCc2ccccc2)c1F. The van der Waals surface area contributed by atoms with Crippen LogP contribution in [0.1, 0.15) is 5.56 Å². The summed E-state index contributed by atoms with van der Waals surface area (Å²) >= 11 is 0. The lowest BCUT2D eigenvalue weighted by atomic mass is 10.2. The summed E-state index contributed by atoms with van der Waals surface area (Å²) in [6.45, 7) is 0.473. The van der Waals surface area contributed by atoms with E-state index in [4.69, 9.17) is 0 Å². The Morgan fingerprint density at radius 1 is 0.875 bits per heavy atom. The molecule has 0 bridgehead atoms. The Kier molecular flexibility index (Phi) is 3.15. The van der Waals surface area contributed by atoms with Gasteiger partial charge in [0.1, 0.15) is 0 Å². The molecule has 2 rings (SSSR count). The number of benzene rings is 2. The van der Waals surface area contributed by atoms with Gasteiger partial charge in [-0.3, -0.25) is 0 Å². The molecule has 1 nitrogen and oxygen atoms in total. The molecule has 0 amide bonds. The number of nitrogens with one attached hydrogen (secondary N) is 1. The maximum Gasteiger partial charge on any atom is 0.181 e. The lowest BCUT2D eigenvalue weighted by Crippen LogP contribution is -2.02. The fraction of sp³-hybridized carbons (Fsp3) is 0.0769. The normalized spacial score (nSPS) is 10.1. The molecule has 0 heterocycles. The first-order chi connectivity index (χ1) is 7.77. The lowest BCUT2D eigenvalue weighted by molar-refractivity contribution is 0.511. The van der Waals surface area contributed by atoms with E-state index in [0.29, 0.717) is 6.54 Å². The van der Waals surface area contributed by atoms with Gasteiger partial charge in [-0.1, -0.05) is 36.4 Å². The van der Waals surface area contributed by atoms with Crippen LogP contribution in [0.25, 0.3) is 0 Å². The molecule has 0 aliphatic carbocycles. The molecule has 3 heteroatoms. The maximum absolute atomic E-state index is 13.3. The first-order valence-electron chi connectivity index (χ1n) is 4.99. The average molecular weight is 219 g/mol. The summed E-state index contributed by atoms with van der Waals surface area (Å²) in [6.07, 6.45) is 0. The Hall–Kier alpha value is -1.90. The molecule has 0 aromatic heterocycles. The molecule has 1 N–H and O–H groups in total. The van der Waals surface area contributed by atoms with Crippen LogP contribution in [0.15, 0.2) is 48.5 Å². The zero-order valence-electron chi connectivity index (χ0n) is 8.58. The van der Waals surface area contributed by atoms with E-state index in [1.807, 2.05) is 30.3 Å². The number of rotatable bonds is 3. The molecule has 0 fully saturated rings. The highest BCUT2D eigenvalue weighted by Crippen LogP contribution is 2.17. The van der Waals surface area contributed by atoms with Gasteiger partial charge in [-0.25, -0.2) is 8.78 Å². The average Bonchev–Trinajstić information content (AvgIpc) is 2.32. The van der Waals surface area contributed by atoms with Gasteiger partial charge in [0.05, 0.1) is 5.69 Å². The minimum atomic E-state index is -0.835. The summed E-state index contributed by atoms with van der Waals surface area (Å²) < 4.78 is 26.2. The molecule has 82 valence electrons. The molecular weight excluding hydrogens is 208 g/mol. The van der Waals surface area contributed by atoms with Gasteiger partial charge in [-0.05, 0) is 17.7 Å². The van der Waals surface area contributed by atoms with E-state index < -0.39 is 11.6 Å². The van der Waals surface area contributed by atoms with Crippen molar-refractivity contribution in [3.63, 3.8) is 0 Å². The summed E-state index contributed by atoms with van der Waals surface area (Å²) in [5.74, 6) is -1.67. The third-order valence-electron chi connectivity index (χ3n) is 2.28. The predicted molar refractivity (Wildman–Crippen MR) is 60.1 cm³/mol. The second kappa shape index (κ2) is 4.75. The quantitative estimate of drug-likeness (QED) is 0.832. The fourth-order valence-corrected chi connectivity index (χ4v) is 1.43. The monoisotopic (exact) mass is 219 g/mol. The second-order valence-corrected chi connectivity index (χ2v) is 3.44. The third kappa shape index (κ3) is 2.37. The standard InChI is InChI=1S/C13H11F2N/c14-11-7-4-8-12(13(11)15)16-9-10-5-2-1-3-6-10/h1-8,16H,9H2. The highest BCUT2D eigenvalue weighted by Gasteiger charge is 2.06. The molecule has 0 saturated carbocycles. The molecule has 2 aromatic carbocycles. The van der Waals surface area contributed by atoms with E-state index in [9.17, 15) is 8.78 Å². The van der Waals surface area contributed by atoms with E-state index in [1.165, 1.54) is 12.1 Å². The smallest absolute Gasteiger partial charge is 0.181 e. The van der Waals surface area contributed by atoms with Crippen molar-refractivity contribution >= 4 is 5.69 Å². The van der Waals surface area contributed by atoms with E-state index in [-0.39, 0.29) is 5.69 Å². The van der Waals surface area contributed by atoms with Gasteiger partial charge < -0.3 is 5.32 Å². The van der Waals surface area contributed by atoms with Gasteiger partial charge in [-0.2, -0.15) is 0 Å². The van der Waals surface area contributed by atoms with Crippen molar-refractivity contribution in [1.82, 2.24) is 0 Å². The van der Waals surface area contributed by atoms with Crippen LogP contribution >= 0.6 is 0 Å². The Labute approximate surface area is 92.7 Å². The topological polar surface area (TPSA) is 12.0 Å². The third-order valence-corrected chi connectivity index (χ3v) is 2.28. The van der Waals surface area contributed by atoms with E-state index in [0.717, 1.165) is 11.6 Å². The minimum Gasteiger partial charge on any atom is -0.379 e. The zero-order chi connectivity index (χ0) is 11.4. The van der Waals surface area contributed by atoms with Crippen molar-refractivity contribution in [1.29, 1.82) is 0 Å². The van der Waals surface area contributed by atoms with Crippen LogP contribution in [0.5, 0.6) is 0 Å². The molecule has 2 aromatic rings. The van der Waals surface area contributed by atoms with Crippen LogP contribution in [0.3, 0.4) is 0 Å². The zero-order valence-corrected chi connectivity index (χ0v) is 8.58. The van der Waals surface area contributed by atoms with Gasteiger partial charge in [-0.15, -0.1) is 0 Å². The lowest BCUT2D eigenvalue weighted by Gasteiger charge is -2.07. The van der Waals surface area contributed by atoms with Crippen LogP contribution in [0, 0.1) is 11.6 Å². The van der Waals surface area contributed by atoms with Crippen molar-refractivity contribution in [3.05, 3.63) is 65.7 Å². The molecular formula is C13H11F2N. The highest BCUT2D eigenvalue weighted by atomic mass is 19.2. The van der Waals surface area contributed by atoms with Crippen molar-refractivity contribution in [2.45, 2.75) is 6.54 Å². The van der Waals surface area contributed by atoms with Gasteiger partial charge in [0.25, 0.3) is 0 Å². The first-order valence-corrected chi connectivity index (χ1v) is 4.99. The molecule has 0 saturated heterocycles. The van der Waals surface area contributed by atoms with E-state index in [2.05, 4.69) is 5.32 Å². The number of anilines is 1. The number of hydrogen-bond donors (Lipinski definition) is 1. The van der Waals surface area contributed by atoms with Crippen molar-refractivity contribution < 1.29 is 8.78 Å². The van der Waals surface area contributed by atoms with Crippen molar-refractivity contribution in [3.8, 4) is 0 Å². The van der Waals surface area contributed by atoms with Crippen LogP contribution < -0.4 is 5.32 Å². The Bertz CT molecular complexity index is 469. The molecule has 16 heavy (non-hydrogen) atoms. The fourth-order valence-electron chi connectivity index (χ4n) is 1.43. The maximum atomic E-state index is 13.3. The van der Waals surface area contributed by atoms with Crippen molar-refractivity contribution in [2.75, 3.05) is 5.32 Å². The molecule has 0 unspecified atom stereocenters. The van der Waals surface area contributed by atoms with Crippen LogP contribution in [-0.2, 0) is 6.54 Å². The predicted octanol–water partition coefficient (Wildman–Crippen LogP) is 3.58. The number of hydrogen-bond acceptors (Lipinski definition) is 1. The summed E-state index contributed by atoms with van der Waals surface area (Å²) in [5, 5.41) is 2.86. The second-order valence-electron chi connectivity index (χ2n) is 3.44. The molecule has 0 radical (unpaired) electrons. The van der Waals surface area contributed by atoms with Crippen LogP contribution in [0.4, 0.5) is 14.5 Å². The molecule has 0 aliphatic heterocycles. The molecule has 0 atom stereocenters. The Balaban J connectivity index is 2.08. The highest BCUT2D eigenvalue weighted by molar-refractivity contribution is 5.45. The van der Waals surface area contributed by atoms with Crippen LogP contribution in [0.2, 0.25) is 0 Å². The molecule has 0 aliphatic rings. The van der Waals surface area contributed by atoms with Gasteiger partial charge in [0.15, 0.2) is 11.6 Å². The summed E-state index contributed by atoms with van der Waals surface area (Å²) in [7, 11) is 0. The minimum absolute atomic E-state index is 0.184. The van der Waals surface area contributed by atoms with Crippen molar-refractivity contribution in [2.24, 2.45) is 0 Å². The first kappa shape index (κ1) is 10.6. The molecule has 0 spiro atoms. The van der Waals surface area contributed by atoms with Gasteiger partial charge in [0.2, 0.25) is 0 Å². The number of halogens is 2. The summed E-state index contributed by atoms with van der Waals surface area (Å²) in [5.41, 5.74) is 1.20. The van der Waals surface area contributed by atoms with E-state index >= 15 is 0 Å². The summed E-state index contributed by atoms with van der Waals surface area (Å²) in [6, 6.07) is 13.6. The van der Waals surface area contributed by atoms with E-state index in [1.54, 1.807) is 0 Å². The van der Waals surface area contributed by atoms with Gasteiger partial charge >= 0.3 is 0 Å². The van der Waals surface area contributed by atoms with Crippen LogP contribution in [-0.4, -0.2) is 0 Å². The van der Waals surface area contributed by atoms with Gasteiger partial charge in [0, 0.05) is 6.54 Å². The Morgan fingerprint density at radius 2 is 1.62 bits per heavy atom.